The van der Waals surface area contributed by atoms with Crippen molar-refractivity contribution in [2.24, 2.45) is 0 Å². The molecule has 0 aliphatic rings. The fourth-order valence-corrected chi connectivity index (χ4v) is 3.68. The Morgan fingerprint density at radius 2 is 1.62 bits per heavy atom. The number of fused-ring (bicyclic) bond motifs is 1. The van der Waals surface area contributed by atoms with Gasteiger partial charge in [0.1, 0.15) is 0 Å². The fourth-order valence-electron chi connectivity index (χ4n) is 2.67. The topological polar surface area (TPSA) is 47.0 Å². The van der Waals surface area contributed by atoms with Crippen LogP contribution in [0.2, 0.25) is 20.1 Å². The first-order chi connectivity index (χ1) is 12.4. The Morgan fingerprint density at radius 1 is 0.962 bits per heavy atom. The van der Waals surface area contributed by atoms with Gasteiger partial charge in [0, 0.05) is 10.9 Å². The van der Waals surface area contributed by atoms with Gasteiger partial charge in [-0.15, -0.1) is 0 Å². The number of benzene rings is 2. The average molecular weight is 427 g/mol. The van der Waals surface area contributed by atoms with Gasteiger partial charge < -0.3 is 0 Å². The number of para-hydroxylation sites is 1. The normalized spacial score (nSPS) is 12.2. The zero-order chi connectivity index (χ0) is 19.0. The van der Waals surface area contributed by atoms with Gasteiger partial charge in [-0.05, 0) is 19.1 Å². The number of hydrogen-bond donors (Lipinski definition) is 0. The average Bonchev–Trinajstić information content (AvgIpc) is 2.67. The second-order valence-electron chi connectivity index (χ2n) is 5.68. The number of rotatable bonds is 4. The van der Waals surface area contributed by atoms with Crippen LogP contribution in [-0.4, -0.2) is 17.1 Å². The number of Topliss-reactive ketones (excluding diaryl/α,β-unsaturated/α-hetero) is 1. The molecule has 2 aromatic carbocycles. The van der Waals surface area contributed by atoms with Crippen LogP contribution in [-0.2, 0) is 0 Å². The summed E-state index contributed by atoms with van der Waals surface area (Å²) in [5.41, 5.74) is 1.18. The molecule has 1 unspecified atom stereocenters. The highest BCUT2D eigenvalue weighted by molar-refractivity contribution is 6.54. The molecule has 3 rings (SSSR count). The molecule has 0 saturated heterocycles. The van der Waals surface area contributed by atoms with E-state index < -0.39 is 11.7 Å². The highest BCUT2D eigenvalue weighted by atomic mass is 35.5. The lowest BCUT2D eigenvalue weighted by Gasteiger charge is -2.16. The van der Waals surface area contributed by atoms with E-state index in [1.54, 1.807) is 13.0 Å². The van der Waals surface area contributed by atoms with Crippen LogP contribution in [0.4, 0.5) is 0 Å². The summed E-state index contributed by atoms with van der Waals surface area (Å²) in [7, 11) is 0. The monoisotopic (exact) mass is 425 g/mol. The molecule has 0 saturated carbocycles. The lowest BCUT2D eigenvalue weighted by atomic mass is 9.92. The van der Waals surface area contributed by atoms with E-state index in [-0.39, 0.29) is 31.2 Å². The minimum absolute atomic E-state index is 0.0523. The summed E-state index contributed by atoms with van der Waals surface area (Å²) in [6, 6.07) is 11.2. The highest BCUT2D eigenvalue weighted by Gasteiger charge is 2.28. The van der Waals surface area contributed by atoms with E-state index in [0.29, 0.717) is 12.0 Å². The number of nitrogens with zero attached hydrogens (tertiary/aromatic N) is 1. The van der Waals surface area contributed by atoms with Gasteiger partial charge in [-0.2, -0.15) is 0 Å². The molecule has 0 bridgehead atoms. The van der Waals surface area contributed by atoms with Crippen molar-refractivity contribution in [3.63, 3.8) is 0 Å². The van der Waals surface area contributed by atoms with Crippen molar-refractivity contribution in [1.82, 2.24) is 4.98 Å². The molecule has 1 atom stereocenters. The van der Waals surface area contributed by atoms with E-state index in [2.05, 4.69) is 4.98 Å². The van der Waals surface area contributed by atoms with E-state index in [4.69, 9.17) is 46.4 Å². The molecule has 26 heavy (non-hydrogen) atoms. The molecular formula is C19H11Cl4NO2. The van der Waals surface area contributed by atoms with Crippen LogP contribution in [0.25, 0.3) is 10.9 Å². The van der Waals surface area contributed by atoms with E-state index in [0.717, 1.165) is 10.9 Å². The number of aldehydes is 1. The molecule has 0 aliphatic heterocycles. The molecule has 0 aliphatic carbocycles. The Hall–Kier alpha value is -1.65. The summed E-state index contributed by atoms with van der Waals surface area (Å²) in [5, 5.41) is 0.637. The molecule has 0 amide bonds. The van der Waals surface area contributed by atoms with Crippen LogP contribution in [0.15, 0.2) is 36.4 Å². The van der Waals surface area contributed by atoms with E-state index in [1.807, 2.05) is 30.3 Å². The predicted octanol–water partition coefficient (Wildman–Crippen LogP) is 6.65. The van der Waals surface area contributed by atoms with E-state index in [9.17, 15) is 9.59 Å². The van der Waals surface area contributed by atoms with Crippen molar-refractivity contribution in [1.29, 1.82) is 0 Å². The molecule has 0 radical (unpaired) electrons. The molecule has 0 fully saturated rings. The first-order valence-electron chi connectivity index (χ1n) is 7.57. The minimum atomic E-state index is -0.663. The molecule has 3 aromatic rings. The zero-order valence-corrected chi connectivity index (χ0v) is 16.4. The molecule has 132 valence electrons. The summed E-state index contributed by atoms with van der Waals surface area (Å²) < 4.78 is 0. The van der Waals surface area contributed by atoms with Crippen molar-refractivity contribution in [3.05, 3.63) is 73.3 Å². The third-order valence-electron chi connectivity index (χ3n) is 4.12. The minimum Gasteiger partial charge on any atom is -0.298 e. The number of pyridine rings is 1. The number of halogens is 4. The van der Waals surface area contributed by atoms with Crippen LogP contribution in [0.5, 0.6) is 0 Å². The predicted molar refractivity (Wildman–Crippen MR) is 106 cm³/mol. The number of carbonyl (C=O) groups excluding carboxylic acids is 2. The van der Waals surface area contributed by atoms with Gasteiger partial charge in [0.25, 0.3) is 0 Å². The van der Waals surface area contributed by atoms with Crippen LogP contribution in [0.1, 0.15) is 39.3 Å². The van der Waals surface area contributed by atoms with Gasteiger partial charge in [0.15, 0.2) is 12.1 Å². The molecule has 1 heterocycles. The summed E-state index contributed by atoms with van der Waals surface area (Å²) in [6.07, 6.45) is 0.449. The molecular weight excluding hydrogens is 416 g/mol. The largest absolute Gasteiger partial charge is 0.298 e. The summed E-state index contributed by atoms with van der Waals surface area (Å²) in [4.78, 5) is 29.1. The molecule has 7 heteroatoms. The first-order valence-corrected chi connectivity index (χ1v) is 9.09. The zero-order valence-electron chi connectivity index (χ0n) is 13.4. The highest BCUT2D eigenvalue weighted by Crippen LogP contribution is 2.42. The van der Waals surface area contributed by atoms with Crippen molar-refractivity contribution >= 4 is 69.4 Å². The van der Waals surface area contributed by atoms with E-state index >= 15 is 0 Å². The standard InChI is InChI=1S/C19H11Cl4NO2/c1-9(12-7-6-10-4-2-3-5-13(10)24-12)19(26)14-11(8-25)15(20)17(22)18(23)16(14)21/h2-9H,1H3. The SMILES string of the molecule is CC(C(=O)c1c(Cl)c(Cl)c(Cl)c(Cl)c1C=O)c1ccc2ccccc2n1. The Balaban J connectivity index is 2.12. The van der Waals surface area contributed by atoms with Gasteiger partial charge in [-0.25, -0.2) is 0 Å². The third kappa shape index (κ3) is 3.21. The van der Waals surface area contributed by atoms with Crippen LogP contribution in [0.3, 0.4) is 0 Å². The Kier molecular flexibility index (Phi) is 5.54. The number of carbonyl (C=O) groups is 2. The smallest absolute Gasteiger partial charge is 0.173 e. The van der Waals surface area contributed by atoms with Crippen molar-refractivity contribution in [3.8, 4) is 0 Å². The van der Waals surface area contributed by atoms with Gasteiger partial charge in [0.2, 0.25) is 0 Å². The molecule has 0 spiro atoms. The Labute approximate surface area is 169 Å². The maximum Gasteiger partial charge on any atom is 0.173 e. The van der Waals surface area contributed by atoms with Gasteiger partial charge in [0.05, 0.1) is 42.8 Å². The quantitative estimate of drug-likeness (QED) is 0.203. The number of aromatic nitrogens is 1. The van der Waals surface area contributed by atoms with Crippen molar-refractivity contribution in [2.45, 2.75) is 12.8 Å². The maximum atomic E-state index is 13.1. The summed E-state index contributed by atoms with van der Waals surface area (Å²) in [6.45, 7) is 1.68. The Morgan fingerprint density at radius 3 is 2.31 bits per heavy atom. The lowest BCUT2D eigenvalue weighted by molar-refractivity contribution is 0.0959. The summed E-state index contributed by atoms with van der Waals surface area (Å²) >= 11 is 24.3. The summed E-state index contributed by atoms with van der Waals surface area (Å²) in [5.74, 6) is -1.08. The van der Waals surface area contributed by atoms with Crippen molar-refractivity contribution in [2.75, 3.05) is 0 Å². The van der Waals surface area contributed by atoms with Gasteiger partial charge in [-0.1, -0.05) is 70.7 Å². The molecule has 0 N–H and O–H groups in total. The number of ketones is 1. The number of hydrogen-bond acceptors (Lipinski definition) is 3. The second kappa shape index (κ2) is 7.53. The van der Waals surface area contributed by atoms with Crippen LogP contribution < -0.4 is 0 Å². The first kappa shape index (κ1) is 19.1. The van der Waals surface area contributed by atoms with E-state index in [1.165, 1.54) is 0 Å². The van der Waals surface area contributed by atoms with Gasteiger partial charge in [-0.3, -0.25) is 14.6 Å². The molecule has 3 nitrogen and oxygen atoms in total. The fraction of sp³-hybridized carbons (Fsp3) is 0.105. The Bertz CT molecular complexity index is 1050. The van der Waals surface area contributed by atoms with Crippen LogP contribution >= 0.6 is 46.4 Å². The maximum absolute atomic E-state index is 13.1. The second-order valence-corrected chi connectivity index (χ2v) is 7.19. The lowest BCUT2D eigenvalue weighted by Crippen LogP contribution is -2.15. The van der Waals surface area contributed by atoms with Gasteiger partial charge >= 0.3 is 0 Å². The van der Waals surface area contributed by atoms with Crippen LogP contribution in [0, 0.1) is 0 Å². The third-order valence-corrected chi connectivity index (χ3v) is 5.94. The van der Waals surface area contributed by atoms with Crippen molar-refractivity contribution < 1.29 is 9.59 Å². The molecule has 1 aromatic heterocycles.